The summed E-state index contributed by atoms with van der Waals surface area (Å²) in [6, 6.07) is 7.99. The van der Waals surface area contributed by atoms with Crippen molar-refractivity contribution in [2.45, 2.75) is 37.1 Å². The number of rotatable bonds is 5. The van der Waals surface area contributed by atoms with Crippen molar-refractivity contribution < 1.29 is 4.79 Å². The minimum atomic E-state index is 0.109. The smallest absolute Gasteiger partial charge is 0.227 e. The lowest BCUT2D eigenvalue weighted by atomic mass is 9.81. The van der Waals surface area contributed by atoms with Gasteiger partial charge in [0.25, 0.3) is 0 Å². The Morgan fingerprint density at radius 3 is 2.87 bits per heavy atom. The average Bonchev–Trinajstić information content (AvgIpc) is 3.08. The monoisotopic (exact) mass is 331 g/mol. The minimum absolute atomic E-state index is 0.109. The van der Waals surface area contributed by atoms with Crippen LogP contribution >= 0.6 is 11.8 Å². The van der Waals surface area contributed by atoms with E-state index in [0.717, 1.165) is 42.8 Å². The second-order valence-electron chi connectivity index (χ2n) is 5.97. The fourth-order valence-electron chi connectivity index (χ4n) is 3.08. The molecule has 1 aliphatic carbocycles. The highest BCUT2D eigenvalue weighted by atomic mass is 32.2. The van der Waals surface area contributed by atoms with E-state index >= 15 is 0 Å². The largest absolute Gasteiger partial charge is 0.326 e. The van der Waals surface area contributed by atoms with Gasteiger partial charge in [-0.2, -0.15) is 0 Å². The van der Waals surface area contributed by atoms with Crippen LogP contribution in [-0.4, -0.2) is 32.4 Å². The topological polar surface area (TPSA) is 72.7 Å². The molecular formula is C16H21N5OS. The molecule has 0 saturated heterocycles. The number of anilines is 1. The first-order chi connectivity index (χ1) is 11.2. The van der Waals surface area contributed by atoms with Crippen molar-refractivity contribution in [2.24, 2.45) is 11.8 Å². The maximum Gasteiger partial charge on any atom is 0.227 e. The zero-order valence-electron chi connectivity index (χ0n) is 13.2. The Bertz CT molecular complexity index is 638. The van der Waals surface area contributed by atoms with Crippen molar-refractivity contribution in [2.75, 3.05) is 11.6 Å². The normalized spacial score (nSPS) is 21.1. The highest BCUT2D eigenvalue weighted by Gasteiger charge is 2.26. The molecule has 1 aromatic carbocycles. The van der Waals surface area contributed by atoms with Crippen molar-refractivity contribution in [1.82, 2.24) is 20.2 Å². The predicted molar refractivity (Wildman–Crippen MR) is 90.1 cm³/mol. The number of carbonyl (C=O) groups is 1. The van der Waals surface area contributed by atoms with E-state index < -0.39 is 0 Å². The summed E-state index contributed by atoms with van der Waals surface area (Å²) >= 11 is 1.68. The number of hydrogen-bond donors (Lipinski definition) is 1. The molecule has 0 atom stereocenters. The van der Waals surface area contributed by atoms with E-state index in [1.54, 1.807) is 22.8 Å². The molecule has 1 N–H and O–H groups in total. The first kappa shape index (κ1) is 16.0. The summed E-state index contributed by atoms with van der Waals surface area (Å²) in [5.74, 6) is 0.810. The summed E-state index contributed by atoms with van der Waals surface area (Å²) < 4.78 is 1.78. The SMILES string of the molecule is CSc1cccc(NC(=O)C2CCC(Cn3cnnn3)CC2)c1. The van der Waals surface area contributed by atoms with E-state index in [4.69, 9.17) is 0 Å². The lowest BCUT2D eigenvalue weighted by Gasteiger charge is -2.27. The van der Waals surface area contributed by atoms with Gasteiger partial charge in [-0.05, 0) is 66.5 Å². The molecule has 1 aromatic heterocycles. The van der Waals surface area contributed by atoms with Crippen LogP contribution < -0.4 is 5.32 Å². The van der Waals surface area contributed by atoms with E-state index in [1.807, 2.05) is 30.5 Å². The molecule has 122 valence electrons. The molecule has 6 nitrogen and oxygen atoms in total. The molecule has 2 aromatic rings. The molecule has 0 unspecified atom stereocenters. The standard InChI is InChI=1S/C16H21N5OS/c1-23-15-4-2-3-14(9-15)18-16(22)13-7-5-12(6-8-13)10-21-11-17-19-20-21/h2-4,9,11-13H,5-8,10H2,1H3,(H,18,22). The Kier molecular flexibility index (Phi) is 5.27. The second kappa shape index (κ2) is 7.59. The third-order valence-corrected chi connectivity index (χ3v) is 5.12. The van der Waals surface area contributed by atoms with Crippen molar-refractivity contribution in [3.63, 3.8) is 0 Å². The van der Waals surface area contributed by atoms with Gasteiger partial charge in [0.1, 0.15) is 6.33 Å². The Hall–Kier alpha value is -1.89. The van der Waals surface area contributed by atoms with Crippen molar-refractivity contribution in [3.05, 3.63) is 30.6 Å². The Morgan fingerprint density at radius 1 is 1.35 bits per heavy atom. The molecule has 3 rings (SSSR count). The Labute approximate surface area is 140 Å². The van der Waals surface area contributed by atoms with Gasteiger partial charge in [-0.1, -0.05) is 6.07 Å². The van der Waals surface area contributed by atoms with Gasteiger partial charge in [0.2, 0.25) is 5.91 Å². The number of carbonyl (C=O) groups excluding carboxylic acids is 1. The lowest BCUT2D eigenvalue weighted by Crippen LogP contribution is -2.28. The number of aromatic nitrogens is 4. The summed E-state index contributed by atoms with van der Waals surface area (Å²) in [5, 5.41) is 14.3. The Balaban J connectivity index is 1.49. The van der Waals surface area contributed by atoms with E-state index in [1.165, 1.54) is 0 Å². The molecule has 0 radical (unpaired) electrons. The van der Waals surface area contributed by atoms with Crippen LogP contribution in [0.25, 0.3) is 0 Å². The van der Waals surface area contributed by atoms with Crippen LogP contribution in [-0.2, 0) is 11.3 Å². The zero-order chi connectivity index (χ0) is 16.1. The van der Waals surface area contributed by atoms with E-state index in [2.05, 4.69) is 20.8 Å². The highest BCUT2D eigenvalue weighted by Crippen LogP contribution is 2.30. The van der Waals surface area contributed by atoms with Gasteiger partial charge in [-0.25, -0.2) is 4.68 Å². The van der Waals surface area contributed by atoms with Gasteiger partial charge in [-0.15, -0.1) is 16.9 Å². The van der Waals surface area contributed by atoms with Crippen LogP contribution in [0.5, 0.6) is 0 Å². The van der Waals surface area contributed by atoms with E-state index in [0.29, 0.717) is 5.92 Å². The van der Waals surface area contributed by atoms with Crippen LogP contribution in [0.15, 0.2) is 35.5 Å². The summed E-state index contributed by atoms with van der Waals surface area (Å²) in [6.45, 7) is 0.844. The van der Waals surface area contributed by atoms with Gasteiger partial charge in [0, 0.05) is 23.0 Å². The molecule has 1 heterocycles. The number of nitrogens with zero attached hydrogens (tertiary/aromatic N) is 4. The van der Waals surface area contributed by atoms with Crippen molar-refractivity contribution in [1.29, 1.82) is 0 Å². The fraction of sp³-hybridized carbons (Fsp3) is 0.500. The average molecular weight is 331 g/mol. The van der Waals surface area contributed by atoms with E-state index in [-0.39, 0.29) is 11.8 Å². The number of benzene rings is 1. The molecule has 0 spiro atoms. The van der Waals surface area contributed by atoms with E-state index in [9.17, 15) is 4.79 Å². The third-order valence-electron chi connectivity index (χ3n) is 4.39. The fourth-order valence-corrected chi connectivity index (χ4v) is 3.54. The van der Waals surface area contributed by atoms with Crippen LogP contribution in [0, 0.1) is 11.8 Å². The summed E-state index contributed by atoms with van der Waals surface area (Å²) in [7, 11) is 0. The summed E-state index contributed by atoms with van der Waals surface area (Å²) in [6.07, 6.45) is 7.64. The van der Waals surface area contributed by atoms with Crippen LogP contribution in [0.2, 0.25) is 0 Å². The minimum Gasteiger partial charge on any atom is -0.326 e. The summed E-state index contributed by atoms with van der Waals surface area (Å²) in [4.78, 5) is 13.6. The highest BCUT2D eigenvalue weighted by molar-refractivity contribution is 7.98. The number of thioether (sulfide) groups is 1. The quantitative estimate of drug-likeness (QED) is 0.853. The maximum atomic E-state index is 12.4. The first-order valence-corrected chi connectivity index (χ1v) is 9.13. The van der Waals surface area contributed by atoms with Crippen molar-refractivity contribution in [3.8, 4) is 0 Å². The van der Waals surface area contributed by atoms with Crippen molar-refractivity contribution >= 4 is 23.4 Å². The molecule has 0 bridgehead atoms. The van der Waals surface area contributed by atoms with Gasteiger partial charge in [0.05, 0.1) is 0 Å². The third kappa shape index (κ3) is 4.31. The zero-order valence-corrected chi connectivity index (χ0v) is 14.0. The van der Waals surface area contributed by atoms with Gasteiger partial charge >= 0.3 is 0 Å². The summed E-state index contributed by atoms with van der Waals surface area (Å²) in [5.41, 5.74) is 0.887. The molecule has 1 fully saturated rings. The molecule has 1 saturated carbocycles. The van der Waals surface area contributed by atoms with Crippen LogP contribution in [0.1, 0.15) is 25.7 Å². The van der Waals surface area contributed by atoms with Crippen LogP contribution in [0.4, 0.5) is 5.69 Å². The van der Waals surface area contributed by atoms with Gasteiger partial charge in [0.15, 0.2) is 0 Å². The number of tetrazole rings is 1. The lowest BCUT2D eigenvalue weighted by molar-refractivity contribution is -0.121. The molecule has 1 amide bonds. The molecule has 1 aliphatic rings. The Morgan fingerprint density at radius 2 is 2.17 bits per heavy atom. The molecule has 7 heteroatoms. The number of hydrogen-bond acceptors (Lipinski definition) is 5. The maximum absolute atomic E-state index is 12.4. The number of amides is 1. The van der Waals surface area contributed by atoms with Crippen LogP contribution in [0.3, 0.4) is 0 Å². The molecular weight excluding hydrogens is 310 g/mol. The molecule has 0 aliphatic heterocycles. The predicted octanol–water partition coefficient (Wildman–Crippen LogP) is 2.84. The van der Waals surface area contributed by atoms with Gasteiger partial charge in [-0.3, -0.25) is 4.79 Å². The number of nitrogens with one attached hydrogen (secondary N) is 1. The molecule has 23 heavy (non-hydrogen) atoms. The first-order valence-electron chi connectivity index (χ1n) is 7.90. The second-order valence-corrected chi connectivity index (χ2v) is 6.85. The van der Waals surface area contributed by atoms with Gasteiger partial charge < -0.3 is 5.32 Å².